The summed E-state index contributed by atoms with van der Waals surface area (Å²) in [7, 11) is 1.63. The Kier molecular flexibility index (Phi) is 4.72. The molecule has 5 heteroatoms. The maximum absolute atomic E-state index is 10.7. The largest absolute Gasteiger partial charge is 0.481 e. The number of carbonyl (C=O) groups is 1. The number of aromatic nitrogens is 1. The van der Waals surface area contributed by atoms with E-state index in [1.54, 1.807) is 32.4 Å². The van der Waals surface area contributed by atoms with E-state index >= 15 is 0 Å². The smallest absolute Gasteiger partial charge is 0.310 e. The molecule has 0 aliphatic rings. The van der Waals surface area contributed by atoms with Crippen LogP contribution in [0.3, 0.4) is 0 Å². The monoisotopic (exact) mass is 224 g/mol. The third-order valence-electron chi connectivity index (χ3n) is 2.27. The Bertz CT molecular complexity index is 338. The molecular formula is C11H16N2O3. The van der Waals surface area contributed by atoms with Gasteiger partial charge in [-0.05, 0) is 18.6 Å². The molecular weight excluding hydrogens is 208 g/mol. The topological polar surface area (TPSA) is 71.5 Å². The first-order chi connectivity index (χ1) is 7.65. The number of hydrogen-bond donors (Lipinski definition) is 2. The van der Waals surface area contributed by atoms with Crippen LogP contribution < -0.4 is 5.32 Å². The zero-order valence-corrected chi connectivity index (χ0v) is 9.43. The molecule has 0 unspecified atom stereocenters. The minimum Gasteiger partial charge on any atom is -0.481 e. The summed E-state index contributed by atoms with van der Waals surface area (Å²) in [5, 5.41) is 11.9. The zero-order valence-electron chi connectivity index (χ0n) is 9.43. The summed E-state index contributed by atoms with van der Waals surface area (Å²) in [5.74, 6) is -0.652. The van der Waals surface area contributed by atoms with Gasteiger partial charge in [-0.2, -0.15) is 0 Å². The Labute approximate surface area is 94.5 Å². The fourth-order valence-electron chi connectivity index (χ4n) is 1.19. The molecule has 0 spiro atoms. The lowest BCUT2D eigenvalue weighted by molar-refractivity contribution is -0.138. The SMILES string of the molecule is COCCNc1ccc([C@@H](C)C(=O)O)cn1. The van der Waals surface area contributed by atoms with E-state index in [-0.39, 0.29) is 0 Å². The summed E-state index contributed by atoms with van der Waals surface area (Å²) in [4.78, 5) is 14.9. The average Bonchev–Trinajstić information content (AvgIpc) is 2.29. The molecule has 2 N–H and O–H groups in total. The summed E-state index contributed by atoms with van der Waals surface area (Å²) in [6.07, 6.45) is 1.58. The van der Waals surface area contributed by atoms with Crippen LogP contribution in [0.1, 0.15) is 18.4 Å². The van der Waals surface area contributed by atoms with Crippen molar-refractivity contribution in [1.29, 1.82) is 0 Å². The van der Waals surface area contributed by atoms with E-state index in [4.69, 9.17) is 9.84 Å². The van der Waals surface area contributed by atoms with Crippen LogP contribution >= 0.6 is 0 Å². The predicted octanol–water partition coefficient (Wildman–Crippen LogP) is 1.33. The molecule has 0 radical (unpaired) electrons. The van der Waals surface area contributed by atoms with Gasteiger partial charge in [0.25, 0.3) is 0 Å². The van der Waals surface area contributed by atoms with Gasteiger partial charge in [0.2, 0.25) is 0 Å². The fraction of sp³-hybridized carbons (Fsp3) is 0.455. The van der Waals surface area contributed by atoms with Gasteiger partial charge in [-0.15, -0.1) is 0 Å². The number of pyridine rings is 1. The fourth-order valence-corrected chi connectivity index (χ4v) is 1.19. The lowest BCUT2D eigenvalue weighted by atomic mass is 10.0. The van der Waals surface area contributed by atoms with Crippen LogP contribution in [-0.4, -0.2) is 36.3 Å². The van der Waals surface area contributed by atoms with Gasteiger partial charge >= 0.3 is 5.97 Å². The molecule has 1 rings (SSSR count). The number of methoxy groups -OCH3 is 1. The minimum atomic E-state index is -0.845. The molecule has 1 heterocycles. The Morgan fingerprint density at radius 1 is 1.62 bits per heavy atom. The minimum absolute atomic E-state index is 0.527. The van der Waals surface area contributed by atoms with Crippen molar-refractivity contribution >= 4 is 11.8 Å². The molecule has 88 valence electrons. The summed E-state index contributed by atoms with van der Waals surface area (Å²) < 4.78 is 4.89. The molecule has 0 aromatic carbocycles. The van der Waals surface area contributed by atoms with Crippen molar-refractivity contribution in [3.05, 3.63) is 23.9 Å². The molecule has 1 aromatic heterocycles. The first kappa shape index (κ1) is 12.4. The van der Waals surface area contributed by atoms with Gasteiger partial charge in [0, 0.05) is 19.9 Å². The molecule has 0 amide bonds. The molecule has 16 heavy (non-hydrogen) atoms. The molecule has 0 aliphatic heterocycles. The van der Waals surface area contributed by atoms with Gasteiger partial charge in [-0.3, -0.25) is 4.79 Å². The van der Waals surface area contributed by atoms with Gasteiger partial charge in [-0.1, -0.05) is 6.07 Å². The zero-order chi connectivity index (χ0) is 12.0. The lowest BCUT2D eigenvalue weighted by Crippen LogP contribution is -2.10. The molecule has 0 bridgehead atoms. The van der Waals surface area contributed by atoms with Crippen molar-refractivity contribution in [2.75, 3.05) is 25.6 Å². The molecule has 0 saturated carbocycles. The molecule has 0 saturated heterocycles. The van der Waals surface area contributed by atoms with Crippen molar-refractivity contribution in [2.45, 2.75) is 12.8 Å². The molecule has 0 fully saturated rings. The summed E-state index contributed by atoms with van der Waals surface area (Å²) in [6.45, 7) is 2.92. The van der Waals surface area contributed by atoms with Crippen molar-refractivity contribution in [3.8, 4) is 0 Å². The molecule has 1 atom stereocenters. The highest BCUT2D eigenvalue weighted by molar-refractivity contribution is 5.75. The lowest BCUT2D eigenvalue weighted by Gasteiger charge is -2.08. The number of anilines is 1. The van der Waals surface area contributed by atoms with Crippen LogP contribution in [0.5, 0.6) is 0 Å². The summed E-state index contributed by atoms with van der Waals surface area (Å²) in [6, 6.07) is 3.53. The van der Waals surface area contributed by atoms with Crippen LogP contribution in [0.4, 0.5) is 5.82 Å². The highest BCUT2D eigenvalue weighted by Gasteiger charge is 2.13. The number of nitrogens with one attached hydrogen (secondary N) is 1. The third kappa shape index (κ3) is 3.51. The van der Waals surface area contributed by atoms with E-state index in [9.17, 15) is 4.79 Å². The summed E-state index contributed by atoms with van der Waals surface area (Å²) in [5.41, 5.74) is 0.699. The number of aliphatic carboxylic acids is 1. The highest BCUT2D eigenvalue weighted by Crippen LogP contribution is 2.15. The highest BCUT2D eigenvalue weighted by atomic mass is 16.5. The second-order valence-electron chi connectivity index (χ2n) is 3.46. The average molecular weight is 224 g/mol. The standard InChI is InChI=1S/C11H16N2O3/c1-8(11(14)15)9-3-4-10(13-7-9)12-5-6-16-2/h3-4,7-8H,5-6H2,1-2H3,(H,12,13)(H,14,15)/t8-/m1/s1. The van der Waals surface area contributed by atoms with Gasteiger partial charge in [-0.25, -0.2) is 4.98 Å². The van der Waals surface area contributed by atoms with E-state index in [1.807, 2.05) is 0 Å². The van der Waals surface area contributed by atoms with E-state index in [0.29, 0.717) is 18.7 Å². The van der Waals surface area contributed by atoms with E-state index in [1.165, 1.54) is 0 Å². The first-order valence-electron chi connectivity index (χ1n) is 5.06. The van der Waals surface area contributed by atoms with E-state index in [2.05, 4.69) is 10.3 Å². The Morgan fingerprint density at radius 2 is 2.38 bits per heavy atom. The van der Waals surface area contributed by atoms with E-state index in [0.717, 1.165) is 5.82 Å². The predicted molar refractivity (Wildman–Crippen MR) is 60.7 cm³/mol. The van der Waals surface area contributed by atoms with E-state index < -0.39 is 11.9 Å². The number of hydrogen-bond acceptors (Lipinski definition) is 4. The van der Waals surface area contributed by atoms with Crippen molar-refractivity contribution in [2.24, 2.45) is 0 Å². The van der Waals surface area contributed by atoms with Crippen LogP contribution in [-0.2, 0) is 9.53 Å². The van der Waals surface area contributed by atoms with Crippen LogP contribution in [0.25, 0.3) is 0 Å². The Balaban J connectivity index is 2.57. The maximum atomic E-state index is 10.7. The second kappa shape index (κ2) is 6.07. The van der Waals surface area contributed by atoms with Gasteiger partial charge in [0.1, 0.15) is 5.82 Å². The number of ether oxygens (including phenoxy) is 1. The van der Waals surface area contributed by atoms with Gasteiger partial charge in [0.05, 0.1) is 12.5 Å². The Hall–Kier alpha value is -1.62. The van der Waals surface area contributed by atoms with Crippen molar-refractivity contribution in [1.82, 2.24) is 4.98 Å². The number of rotatable bonds is 6. The normalized spacial score (nSPS) is 12.1. The van der Waals surface area contributed by atoms with Crippen LogP contribution in [0, 0.1) is 0 Å². The first-order valence-corrected chi connectivity index (χ1v) is 5.06. The van der Waals surface area contributed by atoms with Gasteiger partial charge < -0.3 is 15.2 Å². The molecule has 5 nitrogen and oxygen atoms in total. The number of carboxylic acid groups (broad SMARTS) is 1. The Morgan fingerprint density at radius 3 is 2.88 bits per heavy atom. The van der Waals surface area contributed by atoms with Gasteiger partial charge in [0.15, 0.2) is 0 Å². The molecule has 0 aliphatic carbocycles. The number of carboxylic acids is 1. The third-order valence-corrected chi connectivity index (χ3v) is 2.27. The number of nitrogens with zero attached hydrogens (tertiary/aromatic N) is 1. The maximum Gasteiger partial charge on any atom is 0.310 e. The summed E-state index contributed by atoms with van der Waals surface area (Å²) >= 11 is 0. The van der Waals surface area contributed by atoms with Crippen molar-refractivity contribution in [3.63, 3.8) is 0 Å². The molecule has 1 aromatic rings. The van der Waals surface area contributed by atoms with Crippen molar-refractivity contribution < 1.29 is 14.6 Å². The van der Waals surface area contributed by atoms with Crippen LogP contribution in [0.2, 0.25) is 0 Å². The second-order valence-corrected chi connectivity index (χ2v) is 3.46. The van der Waals surface area contributed by atoms with Crippen LogP contribution in [0.15, 0.2) is 18.3 Å². The quantitative estimate of drug-likeness (QED) is 0.713.